The summed E-state index contributed by atoms with van der Waals surface area (Å²) in [6, 6.07) is 10.1. The van der Waals surface area contributed by atoms with Gasteiger partial charge in [-0.25, -0.2) is 13.2 Å². The van der Waals surface area contributed by atoms with Gasteiger partial charge in [-0.15, -0.1) is 0 Å². The third-order valence-corrected chi connectivity index (χ3v) is 6.35. The number of carbonyl (C=O) groups excluding carboxylic acids is 1. The lowest BCUT2D eigenvalue weighted by atomic mass is 10.1. The van der Waals surface area contributed by atoms with Crippen LogP contribution in [0.25, 0.3) is 0 Å². The number of benzene rings is 2. The molecule has 160 valence electrons. The fourth-order valence-electron chi connectivity index (χ4n) is 2.90. The van der Waals surface area contributed by atoms with E-state index in [4.69, 9.17) is 9.84 Å². The van der Waals surface area contributed by atoms with Crippen molar-refractivity contribution in [3.63, 3.8) is 0 Å². The molecule has 0 amide bonds. The zero-order chi connectivity index (χ0) is 22.8. The molecule has 0 aliphatic carbocycles. The Morgan fingerprint density at radius 2 is 1.81 bits per heavy atom. The number of aromatic nitrogens is 1. The van der Waals surface area contributed by atoms with Gasteiger partial charge in [0.2, 0.25) is 9.84 Å². The van der Waals surface area contributed by atoms with Crippen LogP contribution in [0.2, 0.25) is 0 Å². The van der Waals surface area contributed by atoms with Gasteiger partial charge in [0, 0.05) is 18.0 Å². The van der Waals surface area contributed by atoms with E-state index < -0.39 is 15.8 Å². The lowest BCUT2D eigenvalue weighted by Gasteiger charge is -2.13. The van der Waals surface area contributed by atoms with Gasteiger partial charge in [0.25, 0.3) is 0 Å². The zero-order valence-corrected chi connectivity index (χ0v) is 17.5. The summed E-state index contributed by atoms with van der Waals surface area (Å²) in [6.45, 7) is 2.97. The van der Waals surface area contributed by atoms with E-state index in [1.54, 1.807) is 25.1 Å². The van der Waals surface area contributed by atoms with Crippen molar-refractivity contribution in [2.45, 2.75) is 30.2 Å². The molecule has 3 aromatic rings. The average Bonchev–Trinajstić information content (AvgIpc) is 2.74. The molecule has 8 nitrogen and oxygen atoms in total. The van der Waals surface area contributed by atoms with E-state index in [1.165, 1.54) is 25.1 Å². The van der Waals surface area contributed by atoms with Crippen molar-refractivity contribution >= 4 is 21.6 Å². The largest absolute Gasteiger partial charge is 0.507 e. The van der Waals surface area contributed by atoms with Crippen molar-refractivity contribution in [1.29, 1.82) is 0 Å². The van der Waals surface area contributed by atoms with Crippen LogP contribution in [-0.2, 0) is 16.4 Å². The van der Waals surface area contributed by atoms with Crippen LogP contribution in [-0.4, -0.2) is 35.4 Å². The van der Waals surface area contributed by atoms with Gasteiger partial charge >= 0.3 is 5.97 Å². The Bertz CT molecular complexity index is 1280. The maximum atomic E-state index is 12.9. The molecular weight excluding hydrogens is 422 g/mol. The van der Waals surface area contributed by atoms with Gasteiger partial charge in [0.1, 0.15) is 18.1 Å². The number of hydrogen-bond donors (Lipinski definition) is 2. The standard InChI is InChI=1S/C22H19NO7S/c1-13-20(7-6-19(14(2)24)21(13)25)30-12-15-4-3-5-17(8-15)31(28,29)18-9-16(22(26)27)10-23-11-18/h3-11,25H,12H2,1-2H3,(H,26,27). The van der Waals surface area contributed by atoms with Crippen LogP contribution in [0, 0.1) is 6.92 Å². The first kappa shape index (κ1) is 22.0. The summed E-state index contributed by atoms with van der Waals surface area (Å²) in [5, 5.41) is 19.2. The molecule has 2 N–H and O–H groups in total. The number of carbonyl (C=O) groups is 2. The van der Waals surface area contributed by atoms with Crippen LogP contribution >= 0.6 is 0 Å². The molecule has 2 aromatic carbocycles. The Balaban J connectivity index is 1.86. The van der Waals surface area contributed by atoms with Crippen LogP contribution in [0.1, 0.15) is 38.8 Å². The molecule has 0 fully saturated rings. The highest BCUT2D eigenvalue weighted by molar-refractivity contribution is 7.91. The molecule has 0 saturated heterocycles. The van der Waals surface area contributed by atoms with Crippen molar-refractivity contribution in [3.8, 4) is 11.5 Å². The Hall–Kier alpha value is -3.72. The lowest BCUT2D eigenvalue weighted by molar-refractivity contribution is 0.0696. The minimum absolute atomic E-state index is 0.0104. The minimum Gasteiger partial charge on any atom is -0.507 e. The Morgan fingerprint density at radius 1 is 1.06 bits per heavy atom. The second-order valence-electron chi connectivity index (χ2n) is 6.80. The second kappa shape index (κ2) is 8.57. The number of sulfone groups is 1. The topological polar surface area (TPSA) is 131 Å². The number of pyridine rings is 1. The third-order valence-electron chi connectivity index (χ3n) is 4.63. The van der Waals surface area contributed by atoms with Crippen LogP contribution in [0.15, 0.2) is 64.6 Å². The molecule has 3 rings (SSSR count). The molecule has 31 heavy (non-hydrogen) atoms. The number of Topliss-reactive ketones (excluding diaryl/α,β-unsaturated/α-hetero) is 1. The highest BCUT2D eigenvalue weighted by atomic mass is 32.2. The number of hydrogen-bond acceptors (Lipinski definition) is 7. The molecule has 0 aliphatic heterocycles. The van der Waals surface area contributed by atoms with Crippen molar-refractivity contribution in [1.82, 2.24) is 4.98 Å². The molecule has 0 saturated carbocycles. The van der Waals surface area contributed by atoms with Crippen molar-refractivity contribution in [2.24, 2.45) is 0 Å². The summed E-state index contributed by atoms with van der Waals surface area (Å²) >= 11 is 0. The number of carboxylic acid groups (broad SMARTS) is 1. The van der Waals surface area contributed by atoms with E-state index in [0.29, 0.717) is 16.9 Å². The van der Waals surface area contributed by atoms with E-state index in [9.17, 15) is 23.1 Å². The lowest BCUT2D eigenvalue weighted by Crippen LogP contribution is -2.07. The highest BCUT2D eigenvalue weighted by Crippen LogP contribution is 2.31. The van der Waals surface area contributed by atoms with Crippen molar-refractivity contribution < 1.29 is 33.0 Å². The molecular formula is C22H19NO7S. The van der Waals surface area contributed by atoms with Crippen LogP contribution in [0.5, 0.6) is 11.5 Å². The molecule has 1 aromatic heterocycles. The number of nitrogens with zero attached hydrogens (tertiary/aromatic N) is 1. The van der Waals surface area contributed by atoms with Gasteiger partial charge in [-0.3, -0.25) is 9.78 Å². The molecule has 0 bridgehead atoms. The van der Waals surface area contributed by atoms with Crippen molar-refractivity contribution in [3.05, 3.63) is 77.1 Å². The van der Waals surface area contributed by atoms with E-state index in [2.05, 4.69) is 4.98 Å². The number of carboxylic acids is 1. The van der Waals surface area contributed by atoms with Gasteiger partial charge in [-0.05, 0) is 49.7 Å². The van der Waals surface area contributed by atoms with Crippen molar-refractivity contribution in [2.75, 3.05) is 0 Å². The van der Waals surface area contributed by atoms with Crippen LogP contribution in [0.3, 0.4) is 0 Å². The van der Waals surface area contributed by atoms with Gasteiger partial charge in [0.05, 0.1) is 20.9 Å². The molecule has 0 unspecified atom stereocenters. The Labute approximate surface area is 178 Å². The minimum atomic E-state index is -3.99. The summed E-state index contributed by atoms with van der Waals surface area (Å²) in [5.74, 6) is -1.35. The van der Waals surface area contributed by atoms with E-state index in [0.717, 1.165) is 18.5 Å². The third kappa shape index (κ3) is 4.56. The first-order valence-corrected chi connectivity index (χ1v) is 10.6. The molecule has 0 radical (unpaired) electrons. The van der Waals surface area contributed by atoms with E-state index in [1.807, 2.05) is 0 Å². The van der Waals surface area contributed by atoms with Gasteiger partial charge in [0.15, 0.2) is 5.78 Å². The maximum absolute atomic E-state index is 12.9. The quantitative estimate of drug-likeness (QED) is 0.533. The normalized spacial score (nSPS) is 11.2. The first-order valence-electron chi connectivity index (χ1n) is 9.10. The van der Waals surface area contributed by atoms with Gasteiger partial charge in [-0.2, -0.15) is 0 Å². The Kier molecular flexibility index (Phi) is 6.07. The first-order chi connectivity index (χ1) is 14.6. The molecule has 0 spiro atoms. The summed E-state index contributed by atoms with van der Waals surface area (Å²) < 4.78 is 31.5. The summed E-state index contributed by atoms with van der Waals surface area (Å²) in [6.07, 6.45) is 2.16. The monoisotopic (exact) mass is 441 g/mol. The number of phenolic OH excluding ortho intramolecular Hbond substituents is 1. The SMILES string of the molecule is CC(=O)c1ccc(OCc2cccc(S(=O)(=O)c3cncc(C(=O)O)c3)c2)c(C)c1O. The Morgan fingerprint density at radius 3 is 2.48 bits per heavy atom. The number of ketones is 1. The predicted molar refractivity (Wildman–Crippen MR) is 110 cm³/mol. The summed E-state index contributed by atoms with van der Waals surface area (Å²) in [7, 11) is -3.99. The number of aromatic hydroxyl groups is 1. The predicted octanol–water partition coefficient (Wildman–Crippen LogP) is 3.41. The van der Waals surface area contributed by atoms with Crippen LogP contribution in [0.4, 0.5) is 0 Å². The molecule has 1 heterocycles. The van der Waals surface area contributed by atoms with Gasteiger partial charge < -0.3 is 14.9 Å². The molecule has 9 heteroatoms. The fraction of sp³-hybridized carbons (Fsp3) is 0.136. The number of phenols is 1. The fourth-order valence-corrected chi connectivity index (χ4v) is 4.22. The summed E-state index contributed by atoms with van der Waals surface area (Å²) in [5.41, 5.74) is 0.894. The summed E-state index contributed by atoms with van der Waals surface area (Å²) in [4.78, 5) is 26.1. The number of rotatable bonds is 7. The highest BCUT2D eigenvalue weighted by Gasteiger charge is 2.20. The maximum Gasteiger partial charge on any atom is 0.337 e. The molecule has 0 atom stereocenters. The van der Waals surface area contributed by atoms with Crippen LogP contribution < -0.4 is 4.74 Å². The number of aromatic carboxylic acids is 1. The van der Waals surface area contributed by atoms with E-state index >= 15 is 0 Å². The van der Waals surface area contributed by atoms with E-state index in [-0.39, 0.29) is 39.1 Å². The molecule has 0 aliphatic rings. The smallest absolute Gasteiger partial charge is 0.337 e. The average molecular weight is 441 g/mol. The second-order valence-corrected chi connectivity index (χ2v) is 8.74. The zero-order valence-electron chi connectivity index (χ0n) is 16.7. The number of ether oxygens (including phenoxy) is 1. The van der Waals surface area contributed by atoms with Gasteiger partial charge in [-0.1, -0.05) is 12.1 Å².